The van der Waals surface area contributed by atoms with E-state index in [1.807, 2.05) is 6.92 Å². The van der Waals surface area contributed by atoms with Crippen molar-refractivity contribution in [2.24, 2.45) is 7.05 Å². The molecule has 1 aromatic heterocycles. The summed E-state index contributed by atoms with van der Waals surface area (Å²) in [7, 11) is 3.41. The van der Waals surface area contributed by atoms with Gasteiger partial charge < -0.3 is 10.0 Å². The Labute approximate surface area is 89.3 Å². The average molecular weight is 211 g/mol. The number of aryl methyl sites for hydroxylation is 2. The normalized spacial score (nSPS) is 10.4. The highest BCUT2D eigenvalue weighted by Gasteiger charge is 2.16. The molecule has 0 aliphatic rings. The van der Waals surface area contributed by atoms with Gasteiger partial charge >= 0.3 is 0 Å². The van der Waals surface area contributed by atoms with Gasteiger partial charge in [-0.05, 0) is 12.5 Å². The van der Waals surface area contributed by atoms with E-state index in [-0.39, 0.29) is 12.5 Å². The van der Waals surface area contributed by atoms with E-state index >= 15 is 0 Å². The highest BCUT2D eigenvalue weighted by Crippen LogP contribution is 2.06. The molecule has 0 aromatic carbocycles. The van der Waals surface area contributed by atoms with Crippen molar-refractivity contribution >= 4 is 5.91 Å². The third-order valence-corrected chi connectivity index (χ3v) is 2.29. The summed E-state index contributed by atoms with van der Waals surface area (Å²) in [6.07, 6.45) is 0.810. The van der Waals surface area contributed by atoms with Gasteiger partial charge in [0.15, 0.2) is 0 Å². The first-order chi connectivity index (χ1) is 7.10. The summed E-state index contributed by atoms with van der Waals surface area (Å²) in [6.45, 7) is 2.31. The first kappa shape index (κ1) is 11.7. The van der Waals surface area contributed by atoms with Crippen LogP contribution in [0.3, 0.4) is 0 Å². The molecule has 0 bridgehead atoms. The molecule has 0 unspecified atom stereocenters. The summed E-state index contributed by atoms with van der Waals surface area (Å²) >= 11 is 0. The Bertz CT molecular complexity index is 346. The molecule has 5 nitrogen and oxygen atoms in total. The van der Waals surface area contributed by atoms with Gasteiger partial charge in [0.05, 0.1) is 12.3 Å². The highest BCUT2D eigenvalue weighted by atomic mass is 16.3. The van der Waals surface area contributed by atoms with Crippen LogP contribution in [0.5, 0.6) is 0 Å². The van der Waals surface area contributed by atoms with Gasteiger partial charge in [-0.3, -0.25) is 9.48 Å². The fourth-order valence-electron chi connectivity index (χ4n) is 1.35. The largest absolute Gasteiger partial charge is 0.395 e. The van der Waals surface area contributed by atoms with Crippen molar-refractivity contribution in [1.82, 2.24) is 14.7 Å². The minimum atomic E-state index is -0.112. The molecular formula is C10H17N3O2. The van der Waals surface area contributed by atoms with Gasteiger partial charge in [0.1, 0.15) is 5.69 Å². The van der Waals surface area contributed by atoms with Crippen molar-refractivity contribution in [1.29, 1.82) is 0 Å². The van der Waals surface area contributed by atoms with E-state index in [4.69, 9.17) is 5.11 Å². The second kappa shape index (κ2) is 4.93. The lowest BCUT2D eigenvalue weighted by molar-refractivity contribution is 0.0756. The zero-order valence-corrected chi connectivity index (χ0v) is 9.40. The Morgan fingerprint density at radius 1 is 1.67 bits per heavy atom. The lowest BCUT2D eigenvalue weighted by atomic mass is 10.3. The molecule has 0 aliphatic carbocycles. The molecule has 0 radical (unpaired) electrons. The van der Waals surface area contributed by atoms with Crippen molar-refractivity contribution in [3.8, 4) is 0 Å². The Hall–Kier alpha value is -1.36. The molecule has 1 amide bonds. The summed E-state index contributed by atoms with van der Waals surface area (Å²) in [5.74, 6) is -0.112. The molecule has 0 saturated heterocycles. The molecule has 1 N–H and O–H groups in total. The van der Waals surface area contributed by atoms with E-state index < -0.39 is 0 Å². The van der Waals surface area contributed by atoms with Crippen LogP contribution in [-0.2, 0) is 13.5 Å². The molecule has 0 spiro atoms. The topological polar surface area (TPSA) is 58.4 Å². The standard InChI is InChI=1S/C10H17N3O2/c1-4-8-7-9(13(3)11-8)10(15)12(2)5-6-14/h7,14H,4-6H2,1-3H3. The maximum Gasteiger partial charge on any atom is 0.271 e. The van der Waals surface area contributed by atoms with Crippen LogP contribution < -0.4 is 0 Å². The molecule has 0 atom stereocenters. The number of nitrogens with zero attached hydrogens (tertiary/aromatic N) is 3. The van der Waals surface area contributed by atoms with Gasteiger partial charge in [-0.2, -0.15) is 5.10 Å². The second-order valence-electron chi connectivity index (χ2n) is 3.45. The van der Waals surface area contributed by atoms with Crippen molar-refractivity contribution in [2.75, 3.05) is 20.2 Å². The summed E-state index contributed by atoms with van der Waals surface area (Å²) in [6, 6.07) is 1.79. The molecule has 1 rings (SSSR count). The Kier molecular flexibility index (Phi) is 3.85. The van der Waals surface area contributed by atoms with E-state index in [0.717, 1.165) is 12.1 Å². The molecule has 0 aliphatic heterocycles. The average Bonchev–Trinajstić information content (AvgIpc) is 2.59. The summed E-state index contributed by atoms with van der Waals surface area (Å²) in [4.78, 5) is 13.3. The predicted octanol–water partition coefficient (Wildman–Crippen LogP) is 0.0468. The molecule has 0 saturated carbocycles. The van der Waals surface area contributed by atoms with E-state index in [1.54, 1.807) is 24.8 Å². The molecule has 5 heteroatoms. The second-order valence-corrected chi connectivity index (χ2v) is 3.45. The molecule has 15 heavy (non-hydrogen) atoms. The van der Waals surface area contributed by atoms with Gasteiger partial charge in [0, 0.05) is 20.6 Å². The van der Waals surface area contributed by atoms with E-state index in [2.05, 4.69) is 5.10 Å². The Morgan fingerprint density at radius 3 is 2.80 bits per heavy atom. The fourth-order valence-corrected chi connectivity index (χ4v) is 1.35. The minimum Gasteiger partial charge on any atom is -0.395 e. The van der Waals surface area contributed by atoms with Gasteiger partial charge in [-0.25, -0.2) is 0 Å². The van der Waals surface area contributed by atoms with Crippen LogP contribution in [0.2, 0.25) is 0 Å². The molecule has 0 fully saturated rings. The Morgan fingerprint density at radius 2 is 2.33 bits per heavy atom. The van der Waals surface area contributed by atoms with Gasteiger partial charge in [-0.1, -0.05) is 6.92 Å². The van der Waals surface area contributed by atoms with Crippen molar-refractivity contribution in [3.05, 3.63) is 17.5 Å². The molecule has 84 valence electrons. The number of rotatable bonds is 4. The van der Waals surface area contributed by atoms with Crippen LogP contribution in [-0.4, -0.2) is 45.9 Å². The minimum absolute atomic E-state index is 0.0271. The molecule has 1 heterocycles. The maximum absolute atomic E-state index is 11.8. The van der Waals surface area contributed by atoms with E-state index in [1.165, 1.54) is 4.90 Å². The lowest BCUT2D eigenvalue weighted by Crippen LogP contribution is -2.30. The first-order valence-corrected chi connectivity index (χ1v) is 4.99. The third kappa shape index (κ3) is 2.56. The van der Waals surface area contributed by atoms with Crippen LogP contribution in [0.25, 0.3) is 0 Å². The van der Waals surface area contributed by atoms with Crippen LogP contribution in [0.15, 0.2) is 6.07 Å². The van der Waals surface area contributed by atoms with Crippen LogP contribution >= 0.6 is 0 Å². The lowest BCUT2D eigenvalue weighted by Gasteiger charge is -2.15. The number of likely N-dealkylation sites (N-methyl/N-ethyl adjacent to an activating group) is 1. The fraction of sp³-hybridized carbons (Fsp3) is 0.600. The number of carbonyl (C=O) groups excluding carboxylic acids is 1. The van der Waals surface area contributed by atoms with E-state index in [0.29, 0.717) is 12.2 Å². The summed E-state index contributed by atoms with van der Waals surface area (Å²) in [5.41, 5.74) is 1.46. The number of aliphatic hydroxyl groups is 1. The number of carbonyl (C=O) groups is 1. The highest BCUT2D eigenvalue weighted by molar-refractivity contribution is 5.92. The number of aliphatic hydroxyl groups excluding tert-OH is 1. The quantitative estimate of drug-likeness (QED) is 0.765. The molecular weight excluding hydrogens is 194 g/mol. The van der Waals surface area contributed by atoms with Crippen molar-refractivity contribution in [2.45, 2.75) is 13.3 Å². The van der Waals surface area contributed by atoms with Gasteiger partial charge in [0.25, 0.3) is 5.91 Å². The van der Waals surface area contributed by atoms with Crippen LogP contribution in [0, 0.1) is 0 Å². The monoisotopic (exact) mass is 211 g/mol. The molecule has 1 aromatic rings. The first-order valence-electron chi connectivity index (χ1n) is 4.99. The number of hydrogen-bond donors (Lipinski definition) is 1. The van der Waals surface area contributed by atoms with Gasteiger partial charge in [-0.15, -0.1) is 0 Å². The zero-order chi connectivity index (χ0) is 11.4. The zero-order valence-electron chi connectivity index (χ0n) is 9.40. The van der Waals surface area contributed by atoms with E-state index in [9.17, 15) is 4.79 Å². The van der Waals surface area contributed by atoms with Crippen LogP contribution in [0.1, 0.15) is 23.1 Å². The summed E-state index contributed by atoms with van der Waals surface area (Å²) < 4.78 is 1.58. The SMILES string of the molecule is CCc1cc(C(=O)N(C)CCO)n(C)n1. The van der Waals surface area contributed by atoms with Crippen molar-refractivity contribution < 1.29 is 9.90 Å². The van der Waals surface area contributed by atoms with Gasteiger partial charge in [0.2, 0.25) is 0 Å². The smallest absolute Gasteiger partial charge is 0.271 e. The maximum atomic E-state index is 11.8. The third-order valence-electron chi connectivity index (χ3n) is 2.29. The Balaban J connectivity index is 2.85. The number of amides is 1. The predicted molar refractivity (Wildman–Crippen MR) is 56.6 cm³/mol. The summed E-state index contributed by atoms with van der Waals surface area (Å²) in [5, 5.41) is 12.9. The number of aromatic nitrogens is 2. The number of hydrogen-bond acceptors (Lipinski definition) is 3. The van der Waals surface area contributed by atoms with Crippen LogP contribution in [0.4, 0.5) is 0 Å². The van der Waals surface area contributed by atoms with Crippen molar-refractivity contribution in [3.63, 3.8) is 0 Å².